The van der Waals surface area contributed by atoms with Crippen LogP contribution in [0.2, 0.25) is 5.02 Å². The van der Waals surface area contributed by atoms with Gasteiger partial charge >= 0.3 is 0 Å². The number of nitrogens with zero attached hydrogens (tertiary/aromatic N) is 2. The smallest absolute Gasteiger partial charge is 0.254 e. The first kappa shape index (κ1) is 18.7. The van der Waals surface area contributed by atoms with E-state index in [1.165, 1.54) is 10.6 Å². The number of aromatic nitrogens is 2. The van der Waals surface area contributed by atoms with Gasteiger partial charge in [-0.1, -0.05) is 23.7 Å². The molecule has 0 aliphatic heterocycles. The van der Waals surface area contributed by atoms with Gasteiger partial charge in [0, 0.05) is 22.3 Å². The molecule has 0 aliphatic rings. The number of halogens is 1. The summed E-state index contributed by atoms with van der Waals surface area (Å²) in [7, 11) is 1.58. The minimum atomic E-state index is -0.321. The van der Waals surface area contributed by atoms with Crippen molar-refractivity contribution in [3.63, 3.8) is 0 Å². The second kappa shape index (κ2) is 8.05. The third-order valence-corrected chi connectivity index (χ3v) is 4.25. The molecule has 2 aromatic carbocycles. The third-order valence-electron chi connectivity index (χ3n) is 3.99. The molecule has 0 spiro atoms. The van der Waals surface area contributed by atoms with Gasteiger partial charge in [-0.05, 0) is 43.3 Å². The number of benzene rings is 2. The van der Waals surface area contributed by atoms with Crippen molar-refractivity contribution in [2.24, 2.45) is 0 Å². The topological polar surface area (TPSA) is 73.2 Å². The minimum absolute atomic E-state index is 0.126. The van der Waals surface area contributed by atoms with Crippen molar-refractivity contribution in [3.8, 4) is 17.0 Å². The van der Waals surface area contributed by atoms with Crippen LogP contribution in [0.1, 0.15) is 5.82 Å². The predicted octanol–water partition coefficient (Wildman–Crippen LogP) is 3.52. The first-order valence-electron chi connectivity index (χ1n) is 8.24. The van der Waals surface area contributed by atoms with E-state index >= 15 is 0 Å². The summed E-state index contributed by atoms with van der Waals surface area (Å²) in [5.41, 5.74) is 1.61. The highest BCUT2D eigenvalue weighted by Gasteiger charge is 2.11. The Morgan fingerprint density at radius 2 is 1.93 bits per heavy atom. The molecule has 6 nitrogen and oxygen atoms in total. The summed E-state index contributed by atoms with van der Waals surface area (Å²) in [6.45, 7) is 1.57. The van der Waals surface area contributed by atoms with Crippen molar-refractivity contribution in [3.05, 3.63) is 75.8 Å². The van der Waals surface area contributed by atoms with Gasteiger partial charge in [0.05, 0.1) is 12.8 Å². The Morgan fingerprint density at radius 3 is 2.59 bits per heavy atom. The monoisotopic (exact) mass is 383 g/mol. The highest BCUT2D eigenvalue weighted by Crippen LogP contribution is 2.21. The normalized spacial score (nSPS) is 10.5. The molecular weight excluding hydrogens is 366 g/mol. The summed E-state index contributed by atoms with van der Waals surface area (Å²) in [6, 6.07) is 15.5. The van der Waals surface area contributed by atoms with Gasteiger partial charge < -0.3 is 10.1 Å². The summed E-state index contributed by atoms with van der Waals surface area (Å²) in [4.78, 5) is 29.2. The fraction of sp³-hybridized carbons (Fsp3) is 0.150. The van der Waals surface area contributed by atoms with Crippen LogP contribution in [-0.2, 0) is 11.3 Å². The number of amides is 1. The van der Waals surface area contributed by atoms with Crippen LogP contribution in [0.3, 0.4) is 0 Å². The van der Waals surface area contributed by atoms with Crippen molar-refractivity contribution in [2.45, 2.75) is 13.5 Å². The Bertz CT molecular complexity index is 1030. The molecule has 0 saturated carbocycles. The van der Waals surface area contributed by atoms with Gasteiger partial charge in [-0.2, -0.15) is 0 Å². The number of ether oxygens (including phenoxy) is 1. The number of nitrogens with one attached hydrogen (secondary N) is 1. The predicted molar refractivity (Wildman–Crippen MR) is 105 cm³/mol. The molecule has 0 radical (unpaired) electrons. The van der Waals surface area contributed by atoms with E-state index < -0.39 is 0 Å². The summed E-state index contributed by atoms with van der Waals surface area (Å²) >= 11 is 5.83. The van der Waals surface area contributed by atoms with E-state index in [1.807, 2.05) is 18.2 Å². The Kier molecular flexibility index (Phi) is 5.57. The number of carbonyl (C=O) groups excluding carboxylic acids is 1. The zero-order valence-corrected chi connectivity index (χ0v) is 15.7. The number of hydrogen-bond donors (Lipinski definition) is 1. The van der Waals surface area contributed by atoms with Crippen LogP contribution in [-0.4, -0.2) is 22.6 Å². The van der Waals surface area contributed by atoms with E-state index in [0.29, 0.717) is 28.0 Å². The standard InChI is InChI=1S/C20H18ClN3O3/c1-13-22-18(14-4-3-5-17(10-14)27-2)11-20(26)24(13)12-19(25)23-16-8-6-15(21)7-9-16/h3-11H,12H2,1-2H3,(H,23,25). The quantitative estimate of drug-likeness (QED) is 0.731. The van der Waals surface area contributed by atoms with Crippen LogP contribution < -0.4 is 15.6 Å². The molecule has 0 fully saturated rings. The van der Waals surface area contributed by atoms with Crippen LogP contribution in [0.25, 0.3) is 11.3 Å². The van der Waals surface area contributed by atoms with Gasteiger partial charge in [0.1, 0.15) is 18.1 Å². The Morgan fingerprint density at radius 1 is 1.19 bits per heavy atom. The summed E-state index contributed by atoms with van der Waals surface area (Å²) in [5, 5.41) is 3.31. The fourth-order valence-electron chi connectivity index (χ4n) is 2.62. The zero-order valence-electron chi connectivity index (χ0n) is 14.9. The van der Waals surface area contributed by atoms with E-state index in [1.54, 1.807) is 44.4 Å². The molecule has 27 heavy (non-hydrogen) atoms. The molecule has 0 atom stereocenters. The molecule has 1 heterocycles. The van der Waals surface area contributed by atoms with Crippen molar-refractivity contribution < 1.29 is 9.53 Å². The Labute approximate surface area is 161 Å². The highest BCUT2D eigenvalue weighted by molar-refractivity contribution is 6.30. The van der Waals surface area contributed by atoms with Gasteiger partial charge in [-0.15, -0.1) is 0 Å². The molecule has 3 rings (SSSR count). The van der Waals surface area contributed by atoms with Crippen molar-refractivity contribution >= 4 is 23.2 Å². The molecule has 3 aromatic rings. The number of hydrogen-bond acceptors (Lipinski definition) is 4. The average Bonchev–Trinajstić information content (AvgIpc) is 2.66. The van der Waals surface area contributed by atoms with Crippen LogP contribution in [0.4, 0.5) is 5.69 Å². The lowest BCUT2D eigenvalue weighted by atomic mass is 10.1. The lowest BCUT2D eigenvalue weighted by Crippen LogP contribution is -2.29. The second-order valence-electron chi connectivity index (χ2n) is 5.90. The molecule has 0 saturated heterocycles. The summed E-state index contributed by atoms with van der Waals surface area (Å²) in [5.74, 6) is 0.809. The van der Waals surface area contributed by atoms with Crippen molar-refractivity contribution in [2.75, 3.05) is 12.4 Å². The lowest BCUT2D eigenvalue weighted by Gasteiger charge is -2.12. The first-order chi connectivity index (χ1) is 13.0. The molecule has 1 amide bonds. The number of anilines is 1. The number of aryl methyl sites for hydroxylation is 1. The molecule has 7 heteroatoms. The molecule has 0 aliphatic carbocycles. The van der Waals surface area contributed by atoms with Gasteiger partial charge in [0.2, 0.25) is 5.91 Å². The molecule has 0 bridgehead atoms. The summed E-state index contributed by atoms with van der Waals surface area (Å²) in [6.07, 6.45) is 0. The maximum Gasteiger partial charge on any atom is 0.254 e. The third kappa shape index (κ3) is 4.54. The molecule has 1 N–H and O–H groups in total. The average molecular weight is 384 g/mol. The van der Waals surface area contributed by atoms with Gasteiger partial charge in [-0.3, -0.25) is 14.2 Å². The zero-order chi connectivity index (χ0) is 19.4. The highest BCUT2D eigenvalue weighted by atomic mass is 35.5. The minimum Gasteiger partial charge on any atom is -0.497 e. The van der Waals surface area contributed by atoms with E-state index in [4.69, 9.17) is 16.3 Å². The molecule has 0 unspecified atom stereocenters. The summed E-state index contributed by atoms with van der Waals surface area (Å²) < 4.78 is 6.53. The number of carbonyl (C=O) groups is 1. The largest absolute Gasteiger partial charge is 0.497 e. The van der Waals surface area contributed by atoms with E-state index in [9.17, 15) is 9.59 Å². The van der Waals surface area contributed by atoms with Crippen molar-refractivity contribution in [1.82, 2.24) is 9.55 Å². The van der Waals surface area contributed by atoms with E-state index in [-0.39, 0.29) is 18.0 Å². The van der Waals surface area contributed by atoms with Crippen LogP contribution in [0.15, 0.2) is 59.4 Å². The Hall–Kier alpha value is -3.12. The van der Waals surface area contributed by atoms with Gasteiger partial charge in [0.25, 0.3) is 5.56 Å². The van der Waals surface area contributed by atoms with Gasteiger partial charge in [-0.25, -0.2) is 4.98 Å². The van der Waals surface area contributed by atoms with E-state index in [2.05, 4.69) is 10.3 Å². The molecule has 138 valence electrons. The number of methoxy groups -OCH3 is 1. The Balaban J connectivity index is 1.81. The van der Waals surface area contributed by atoms with Gasteiger partial charge in [0.15, 0.2) is 0 Å². The van der Waals surface area contributed by atoms with E-state index in [0.717, 1.165) is 5.56 Å². The van der Waals surface area contributed by atoms with Crippen LogP contribution in [0, 0.1) is 6.92 Å². The van der Waals surface area contributed by atoms with Crippen LogP contribution in [0.5, 0.6) is 5.75 Å². The second-order valence-corrected chi connectivity index (χ2v) is 6.34. The molecular formula is C20H18ClN3O3. The fourth-order valence-corrected chi connectivity index (χ4v) is 2.75. The maximum absolute atomic E-state index is 12.5. The van der Waals surface area contributed by atoms with Crippen molar-refractivity contribution in [1.29, 1.82) is 0 Å². The first-order valence-corrected chi connectivity index (χ1v) is 8.62. The molecule has 1 aromatic heterocycles. The number of rotatable bonds is 5. The maximum atomic E-state index is 12.5. The SMILES string of the molecule is COc1cccc(-c2cc(=O)n(CC(=O)Nc3ccc(Cl)cc3)c(C)n2)c1. The lowest BCUT2D eigenvalue weighted by molar-refractivity contribution is -0.116. The van der Waals surface area contributed by atoms with Crippen LogP contribution >= 0.6 is 11.6 Å².